The Bertz CT molecular complexity index is 467. The van der Waals surface area contributed by atoms with E-state index >= 15 is 0 Å². The Kier molecular flexibility index (Phi) is 3.11. The maximum Gasteiger partial charge on any atom is 0.229 e. The first-order valence-corrected chi connectivity index (χ1v) is 5.36. The number of phenols is 1. The van der Waals surface area contributed by atoms with Gasteiger partial charge < -0.3 is 10.4 Å². The fraction of sp³-hybridized carbons (Fsp3) is 0.100. The molecule has 0 atom stereocenters. The van der Waals surface area contributed by atoms with Crippen LogP contribution < -0.4 is 5.32 Å². The van der Waals surface area contributed by atoms with E-state index < -0.39 is 0 Å². The second-order valence-corrected chi connectivity index (χ2v) is 3.96. The van der Waals surface area contributed by atoms with Crippen LogP contribution in [0.5, 0.6) is 5.75 Å². The summed E-state index contributed by atoms with van der Waals surface area (Å²) in [6, 6.07) is 6.52. The highest BCUT2D eigenvalue weighted by atomic mass is 32.1. The molecule has 1 aromatic carbocycles. The lowest BCUT2D eigenvalue weighted by Crippen LogP contribution is -2.13. The van der Waals surface area contributed by atoms with E-state index in [-0.39, 0.29) is 18.1 Å². The Labute approximate surface area is 95.9 Å². The number of carbonyl (C=O) groups excluding carboxylic acids is 1. The molecule has 82 valence electrons. The molecule has 0 fully saturated rings. The van der Waals surface area contributed by atoms with Crippen LogP contribution in [0.15, 0.2) is 30.5 Å². The Hall–Kier alpha value is -1.95. The smallest absolute Gasteiger partial charge is 0.229 e. The number of carbonyl (C=O) groups is 1. The SMILES string of the molecule is O=C(Cc1ccc(O)cc1)Nc1cnns1. The number of benzene rings is 1. The monoisotopic (exact) mass is 235 g/mol. The number of hydrogen-bond acceptors (Lipinski definition) is 5. The number of amides is 1. The van der Waals surface area contributed by atoms with Gasteiger partial charge in [0.2, 0.25) is 5.91 Å². The predicted octanol–water partition coefficient (Wildman–Crippen LogP) is 1.42. The summed E-state index contributed by atoms with van der Waals surface area (Å²) in [5.41, 5.74) is 0.841. The highest BCUT2D eigenvalue weighted by Crippen LogP contribution is 2.12. The molecule has 1 aromatic heterocycles. The highest BCUT2D eigenvalue weighted by Gasteiger charge is 2.05. The molecule has 0 bridgehead atoms. The molecule has 0 aliphatic carbocycles. The molecule has 0 aliphatic rings. The van der Waals surface area contributed by atoms with Crippen molar-refractivity contribution in [3.8, 4) is 5.75 Å². The summed E-state index contributed by atoms with van der Waals surface area (Å²) in [6.45, 7) is 0. The summed E-state index contributed by atoms with van der Waals surface area (Å²) in [5, 5.41) is 16.0. The third kappa shape index (κ3) is 2.77. The minimum atomic E-state index is -0.128. The first-order chi connectivity index (χ1) is 7.74. The Balaban J connectivity index is 1.95. The van der Waals surface area contributed by atoms with Crippen molar-refractivity contribution < 1.29 is 9.90 Å². The van der Waals surface area contributed by atoms with Gasteiger partial charge in [-0.15, -0.1) is 5.10 Å². The topological polar surface area (TPSA) is 75.1 Å². The molecule has 0 aliphatic heterocycles. The van der Waals surface area contributed by atoms with Crippen LogP contribution in [0.25, 0.3) is 0 Å². The van der Waals surface area contributed by atoms with Gasteiger partial charge in [-0.2, -0.15) is 0 Å². The fourth-order valence-electron chi connectivity index (χ4n) is 1.20. The molecule has 2 N–H and O–H groups in total. The van der Waals surface area contributed by atoms with Crippen molar-refractivity contribution in [3.63, 3.8) is 0 Å². The number of hydrogen-bond donors (Lipinski definition) is 2. The average molecular weight is 235 g/mol. The van der Waals surface area contributed by atoms with Crippen LogP contribution in [-0.2, 0) is 11.2 Å². The number of aromatic nitrogens is 2. The molecular formula is C10H9N3O2S. The summed E-state index contributed by atoms with van der Waals surface area (Å²) in [6.07, 6.45) is 1.76. The molecule has 1 amide bonds. The second-order valence-electron chi connectivity index (χ2n) is 3.17. The molecule has 0 unspecified atom stereocenters. The quantitative estimate of drug-likeness (QED) is 0.843. The first kappa shape index (κ1) is 10.6. The van der Waals surface area contributed by atoms with Gasteiger partial charge in [0.05, 0.1) is 12.6 Å². The van der Waals surface area contributed by atoms with Gasteiger partial charge in [-0.05, 0) is 17.7 Å². The Morgan fingerprint density at radius 1 is 1.38 bits per heavy atom. The van der Waals surface area contributed by atoms with Crippen LogP contribution in [0.4, 0.5) is 5.00 Å². The summed E-state index contributed by atoms with van der Waals surface area (Å²) in [5.74, 6) is 0.0626. The minimum absolute atomic E-state index is 0.128. The molecule has 0 saturated heterocycles. The Morgan fingerprint density at radius 3 is 2.75 bits per heavy atom. The standard InChI is InChI=1S/C10H9N3O2S/c14-8-3-1-7(2-4-8)5-9(15)12-10-6-11-13-16-10/h1-4,6,14H,5H2,(H,12,15). The number of rotatable bonds is 3. The van der Waals surface area contributed by atoms with Gasteiger partial charge in [-0.3, -0.25) is 4.79 Å². The van der Waals surface area contributed by atoms with E-state index in [1.165, 1.54) is 6.20 Å². The maximum absolute atomic E-state index is 11.5. The van der Waals surface area contributed by atoms with Crippen LogP contribution in [-0.4, -0.2) is 20.6 Å². The molecular weight excluding hydrogens is 226 g/mol. The van der Waals surface area contributed by atoms with Crippen molar-refractivity contribution in [2.45, 2.75) is 6.42 Å². The lowest BCUT2D eigenvalue weighted by atomic mass is 10.1. The molecule has 0 saturated carbocycles. The summed E-state index contributed by atoms with van der Waals surface area (Å²) in [7, 11) is 0. The molecule has 5 nitrogen and oxygen atoms in total. The van der Waals surface area contributed by atoms with E-state index in [9.17, 15) is 4.79 Å². The number of phenolic OH excluding ortho intramolecular Hbond substituents is 1. The zero-order chi connectivity index (χ0) is 11.4. The van der Waals surface area contributed by atoms with Gasteiger partial charge in [0.15, 0.2) is 0 Å². The van der Waals surface area contributed by atoms with Gasteiger partial charge in [0.25, 0.3) is 0 Å². The van der Waals surface area contributed by atoms with E-state index in [0.29, 0.717) is 5.00 Å². The minimum Gasteiger partial charge on any atom is -0.508 e. The third-order valence-electron chi connectivity index (χ3n) is 1.92. The maximum atomic E-state index is 11.5. The highest BCUT2D eigenvalue weighted by molar-refractivity contribution is 7.10. The normalized spacial score (nSPS) is 10.0. The predicted molar refractivity (Wildman–Crippen MR) is 60.3 cm³/mol. The fourth-order valence-corrected chi connectivity index (χ4v) is 1.64. The van der Waals surface area contributed by atoms with Gasteiger partial charge in [0, 0.05) is 11.5 Å². The van der Waals surface area contributed by atoms with E-state index in [2.05, 4.69) is 14.9 Å². The van der Waals surface area contributed by atoms with Gasteiger partial charge >= 0.3 is 0 Å². The van der Waals surface area contributed by atoms with Crippen LogP contribution in [0.1, 0.15) is 5.56 Å². The Morgan fingerprint density at radius 2 is 2.12 bits per heavy atom. The second kappa shape index (κ2) is 4.71. The van der Waals surface area contributed by atoms with Gasteiger partial charge in [-0.1, -0.05) is 16.6 Å². The van der Waals surface area contributed by atoms with Gasteiger partial charge in [-0.25, -0.2) is 0 Å². The molecule has 0 radical (unpaired) electrons. The van der Waals surface area contributed by atoms with Crippen molar-refractivity contribution in [1.29, 1.82) is 0 Å². The van der Waals surface area contributed by atoms with Crippen molar-refractivity contribution in [2.24, 2.45) is 0 Å². The van der Waals surface area contributed by atoms with Crippen LogP contribution in [0, 0.1) is 0 Å². The summed E-state index contributed by atoms with van der Waals surface area (Å²) >= 11 is 1.13. The number of nitrogens with one attached hydrogen (secondary N) is 1. The van der Waals surface area contributed by atoms with Crippen molar-refractivity contribution in [2.75, 3.05) is 5.32 Å². The molecule has 0 spiro atoms. The summed E-state index contributed by atoms with van der Waals surface area (Å²) < 4.78 is 3.64. The molecule has 2 rings (SSSR count). The van der Waals surface area contributed by atoms with E-state index in [1.54, 1.807) is 24.3 Å². The zero-order valence-electron chi connectivity index (χ0n) is 8.25. The molecule has 6 heteroatoms. The summed E-state index contributed by atoms with van der Waals surface area (Å²) in [4.78, 5) is 11.5. The number of anilines is 1. The van der Waals surface area contributed by atoms with Crippen LogP contribution >= 0.6 is 11.5 Å². The number of nitrogens with zero attached hydrogens (tertiary/aromatic N) is 2. The van der Waals surface area contributed by atoms with Crippen molar-refractivity contribution in [3.05, 3.63) is 36.0 Å². The van der Waals surface area contributed by atoms with Crippen molar-refractivity contribution in [1.82, 2.24) is 9.59 Å². The molecule has 1 heterocycles. The van der Waals surface area contributed by atoms with E-state index in [4.69, 9.17) is 5.11 Å². The van der Waals surface area contributed by atoms with Crippen LogP contribution in [0.3, 0.4) is 0 Å². The average Bonchev–Trinajstić information content (AvgIpc) is 2.74. The van der Waals surface area contributed by atoms with E-state index in [1.807, 2.05) is 0 Å². The molecule has 2 aromatic rings. The van der Waals surface area contributed by atoms with Crippen molar-refractivity contribution >= 4 is 22.4 Å². The van der Waals surface area contributed by atoms with E-state index in [0.717, 1.165) is 17.1 Å². The zero-order valence-corrected chi connectivity index (χ0v) is 9.07. The lowest BCUT2D eigenvalue weighted by molar-refractivity contribution is -0.115. The third-order valence-corrected chi connectivity index (χ3v) is 2.51. The van der Waals surface area contributed by atoms with Gasteiger partial charge in [0.1, 0.15) is 10.8 Å². The lowest BCUT2D eigenvalue weighted by Gasteiger charge is -2.01. The largest absolute Gasteiger partial charge is 0.508 e. The number of aromatic hydroxyl groups is 1. The molecule has 16 heavy (non-hydrogen) atoms. The first-order valence-electron chi connectivity index (χ1n) is 4.59. The van der Waals surface area contributed by atoms with Crippen LogP contribution in [0.2, 0.25) is 0 Å².